The second-order valence-corrected chi connectivity index (χ2v) is 7.92. The second kappa shape index (κ2) is 6.69. The van der Waals surface area contributed by atoms with Gasteiger partial charge in [-0.05, 0) is 52.6 Å². The van der Waals surface area contributed by atoms with E-state index in [1.165, 1.54) is 5.56 Å². The molecule has 0 aliphatic carbocycles. The maximum absolute atomic E-state index is 10.6. The number of nitrogens with zero attached hydrogens (tertiary/aromatic N) is 5. The molecule has 1 atom stereocenters. The average molecular weight is 331 g/mol. The van der Waals surface area contributed by atoms with E-state index in [4.69, 9.17) is 0 Å². The van der Waals surface area contributed by atoms with Crippen LogP contribution >= 0.6 is 0 Å². The molecule has 6 nitrogen and oxygen atoms in total. The molecule has 0 bridgehead atoms. The Morgan fingerprint density at radius 1 is 1.29 bits per heavy atom. The molecule has 2 aromatic rings. The number of aliphatic hydroxyl groups is 1. The van der Waals surface area contributed by atoms with E-state index in [0.29, 0.717) is 5.92 Å². The highest BCUT2D eigenvalue weighted by atomic mass is 16.3. The Morgan fingerprint density at radius 3 is 2.54 bits per heavy atom. The number of aryl methyl sites for hydroxylation is 1. The summed E-state index contributed by atoms with van der Waals surface area (Å²) in [7, 11) is 1.94. The summed E-state index contributed by atoms with van der Waals surface area (Å²) in [4.78, 5) is 6.74. The molecule has 0 spiro atoms. The molecule has 1 saturated heterocycles. The number of hydrogen-bond donors (Lipinski definition) is 1. The normalized spacial score (nSPS) is 18.9. The third-order valence-corrected chi connectivity index (χ3v) is 4.93. The molecule has 1 aliphatic rings. The summed E-state index contributed by atoms with van der Waals surface area (Å²) in [5.74, 6) is 1.07. The summed E-state index contributed by atoms with van der Waals surface area (Å²) >= 11 is 0. The van der Waals surface area contributed by atoms with Crippen LogP contribution in [0.5, 0.6) is 0 Å². The van der Waals surface area contributed by atoms with Crippen LogP contribution in [0.4, 0.5) is 0 Å². The van der Waals surface area contributed by atoms with Crippen LogP contribution in [-0.4, -0.2) is 42.4 Å². The Bertz CT molecular complexity index is 661. The van der Waals surface area contributed by atoms with E-state index in [9.17, 15) is 5.11 Å². The first-order valence-electron chi connectivity index (χ1n) is 8.76. The molecule has 24 heavy (non-hydrogen) atoms. The van der Waals surface area contributed by atoms with Crippen LogP contribution < -0.4 is 0 Å². The van der Waals surface area contributed by atoms with E-state index in [0.717, 1.165) is 38.3 Å². The monoisotopic (exact) mass is 331 g/mol. The van der Waals surface area contributed by atoms with Gasteiger partial charge in [-0.2, -0.15) is 5.10 Å². The fourth-order valence-electron chi connectivity index (χ4n) is 3.37. The lowest BCUT2D eigenvalue weighted by Crippen LogP contribution is -2.35. The van der Waals surface area contributed by atoms with Crippen molar-refractivity contribution in [2.24, 2.45) is 13.0 Å². The maximum atomic E-state index is 10.6. The lowest BCUT2D eigenvalue weighted by atomic mass is 9.90. The number of rotatable bonds is 4. The molecule has 3 heterocycles. The lowest BCUT2D eigenvalue weighted by Gasteiger charge is -2.33. The van der Waals surface area contributed by atoms with Gasteiger partial charge in [0.05, 0.1) is 11.7 Å². The second-order valence-electron chi connectivity index (χ2n) is 7.92. The minimum absolute atomic E-state index is 0.0252. The molecule has 1 aliphatic heterocycles. The van der Waals surface area contributed by atoms with Crippen LogP contribution in [0.1, 0.15) is 51.1 Å². The van der Waals surface area contributed by atoms with Gasteiger partial charge in [0.1, 0.15) is 11.9 Å². The van der Waals surface area contributed by atoms with Gasteiger partial charge in [-0.25, -0.2) is 4.98 Å². The Labute approximate surface area is 144 Å². The van der Waals surface area contributed by atoms with Crippen molar-refractivity contribution in [3.05, 3.63) is 36.2 Å². The Kier molecular flexibility index (Phi) is 4.78. The zero-order valence-corrected chi connectivity index (χ0v) is 15.2. The van der Waals surface area contributed by atoms with Gasteiger partial charge in [0, 0.05) is 37.7 Å². The van der Waals surface area contributed by atoms with E-state index in [1.54, 1.807) is 6.20 Å². The third-order valence-electron chi connectivity index (χ3n) is 4.93. The summed E-state index contributed by atoms with van der Waals surface area (Å²) in [6.45, 7) is 9.43. The molecular formula is C18H29N5O. The third kappa shape index (κ3) is 3.70. The summed E-state index contributed by atoms with van der Waals surface area (Å²) in [5, 5.41) is 15.0. The van der Waals surface area contributed by atoms with Crippen molar-refractivity contribution in [3.8, 4) is 0 Å². The van der Waals surface area contributed by atoms with Gasteiger partial charge in [0.25, 0.3) is 0 Å². The van der Waals surface area contributed by atoms with Crippen molar-refractivity contribution in [1.29, 1.82) is 0 Å². The van der Waals surface area contributed by atoms with Crippen molar-refractivity contribution in [2.45, 2.75) is 51.8 Å². The molecule has 0 saturated carbocycles. The quantitative estimate of drug-likeness (QED) is 0.934. The fraction of sp³-hybridized carbons (Fsp3) is 0.667. The number of hydrogen-bond acceptors (Lipinski definition) is 4. The number of piperidine rings is 1. The first-order valence-corrected chi connectivity index (χ1v) is 8.76. The number of aliphatic hydroxyl groups excluding tert-OH is 1. The largest absolute Gasteiger partial charge is 0.385 e. The first-order chi connectivity index (χ1) is 11.3. The van der Waals surface area contributed by atoms with Gasteiger partial charge in [0.2, 0.25) is 0 Å². The van der Waals surface area contributed by atoms with E-state index < -0.39 is 6.10 Å². The van der Waals surface area contributed by atoms with Crippen LogP contribution in [-0.2, 0) is 19.1 Å². The Hall–Kier alpha value is -1.66. The highest BCUT2D eigenvalue weighted by molar-refractivity contribution is 5.06. The lowest BCUT2D eigenvalue weighted by molar-refractivity contribution is 0.0492. The number of likely N-dealkylation sites (tertiary alicyclic amines) is 1. The van der Waals surface area contributed by atoms with Crippen molar-refractivity contribution in [3.63, 3.8) is 0 Å². The van der Waals surface area contributed by atoms with Crippen molar-refractivity contribution in [2.75, 3.05) is 13.1 Å². The van der Waals surface area contributed by atoms with E-state index in [-0.39, 0.29) is 5.54 Å². The van der Waals surface area contributed by atoms with Crippen LogP contribution in [0.15, 0.2) is 24.8 Å². The van der Waals surface area contributed by atoms with Gasteiger partial charge in [-0.15, -0.1) is 0 Å². The van der Waals surface area contributed by atoms with Crippen LogP contribution in [0.2, 0.25) is 0 Å². The predicted molar refractivity (Wildman–Crippen MR) is 93.4 cm³/mol. The molecule has 0 radical (unpaired) electrons. The summed E-state index contributed by atoms with van der Waals surface area (Å²) < 4.78 is 3.94. The molecule has 0 unspecified atom stereocenters. The van der Waals surface area contributed by atoms with Crippen molar-refractivity contribution >= 4 is 0 Å². The smallest absolute Gasteiger partial charge is 0.137 e. The predicted octanol–water partition coefficient (Wildman–Crippen LogP) is 2.32. The molecule has 6 heteroatoms. The molecule has 132 valence electrons. The summed E-state index contributed by atoms with van der Waals surface area (Å²) in [5.41, 5.74) is 1.28. The molecule has 1 N–H and O–H groups in total. The van der Waals surface area contributed by atoms with Crippen molar-refractivity contribution in [1.82, 2.24) is 24.2 Å². The molecule has 1 fully saturated rings. The maximum Gasteiger partial charge on any atom is 0.137 e. The van der Waals surface area contributed by atoms with Gasteiger partial charge >= 0.3 is 0 Å². The first kappa shape index (κ1) is 17.2. The van der Waals surface area contributed by atoms with Gasteiger partial charge in [-0.1, -0.05) is 0 Å². The topological polar surface area (TPSA) is 59.1 Å². The zero-order valence-electron chi connectivity index (χ0n) is 15.2. The molecular weight excluding hydrogens is 302 g/mol. The van der Waals surface area contributed by atoms with Gasteiger partial charge < -0.3 is 9.67 Å². The highest BCUT2D eigenvalue weighted by Gasteiger charge is 2.28. The van der Waals surface area contributed by atoms with E-state index in [1.807, 2.05) is 28.7 Å². The molecule has 0 aromatic carbocycles. The van der Waals surface area contributed by atoms with Crippen LogP contribution in [0.25, 0.3) is 0 Å². The Balaban J connectivity index is 1.54. The number of imidazole rings is 1. The van der Waals surface area contributed by atoms with E-state index >= 15 is 0 Å². The summed E-state index contributed by atoms with van der Waals surface area (Å²) in [6, 6.07) is 0. The van der Waals surface area contributed by atoms with Crippen molar-refractivity contribution < 1.29 is 5.11 Å². The van der Waals surface area contributed by atoms with Gasteiger partial charge in [0.15, 0.2) is 0 Å². The van der Waals surface area contributed by atoms with Gasteiger partial charge in [-0.3, -0.25) is 9.58 Å². The molecule has 3 rings (SSSR count). The molecule has 0 amide bonds. The van der Waals surface area contributed by atoms with Crippen LogP contribution in [0, 0.1) is 5.92 Å². The zero-order chi connectivity index (χ0) is 17.3. The molecule has 2 aromatic heterocycles. The average Bonchev–Trinajstić information content (AvgIpc) is 3.16. The standard InChI is InChI=1S/C18H29N5O/c1-18(2,3)23-13-14(11-20-23)12-22-8-5-15(6-9-22)16(24)17-19-7-10-21(17)4/h7,10-11,13,15-16,24H,5-6,8-9,12H2,1-4H3/t16-/m0/s1. The fourth-order valence-corrected chi connectivity index (χ4v) is 3.37. The highest BCUT2D eigenvalue weighted by Crippen LogP contribution is 2.30. The van der Waals surface area contributed by atoms with E-state index in [2.05, 4.69) is 42.0 Å². The minimum atomic E-state index is -0.462. The van der Waals surface area contributed by atoms with Crippen LogP contribution in [0.3, 0.4) is 0 Å². The Morgan fingerprint density at radius 2 is 2.00 bits per heavy atom. The summed E-state index contributed by atoms with van der Waals surface area (Å²) in [6.07, 6.45) is 9.30. The SMILES string of the molecule is Cn1ccnc1[C@@H](O)C1CCN(Cc2cnn(C(C)(C)C)c2)CC1. The number of aromatic nitrogens is 4. The minimum Gasteiger partial charge on any atom is -0.385 e.